The van der Waals surface area contributed by atoms with Crippen molar-refractivity contribution >= 4 is 21.8 Å². The predicted octanol–water partition coefficient (Wildman–Crippen LogP) is 4.04. The molecule has 0 spiro atoms. The molecule has 0 aliphatic rings. The van der Waals surface area contributed by atoms with E-state index in [-0.39, 0.29) is 6.61 Å². The van der Waals surface area contributed by atoms with Gasteiger partial charge in [0, 0.05) is 28.0 Å². The molecule has 0 amide bonds. The molecule has 4 aromatic rings. The summed E-state index contributed by atoms with van der Waals surface area (Å²) in [7, 11) is 0. The third-order valence-corrected chi connectivity index (χ3v) is 4.28. The summed E-state index contributed by atoms with van der Waals surface area (Å²) in [6.45, 7) is 2.84. The fourth-order valence-corrected chi connectivity index (χ4v) is 3.11. The highest BCUT2D eigenvalue weighted by molar-refractivity contribution is 5.84. The van der Waals surface area contributed by atoms with E-state index in [0.29, 0.717) is 6.54 Å². The van der Waals surface area contributed by atoms with Crippen LogP contribution < -0.4 is 0 Å². The normalized spacial score (nSPS) is 11.4. The van der Waals surface area contributed by atoms with Crippen molar-refractivity contribution in [2.45, 2.75) is 20.1 Å². The van der Waals surface area contributed by atoms with Gasteiger partial charge in [-0.05, 0) is 30.7 Å². The van der Waals surface area contributed by atoms with Crippen molar-refractivity contribution in [1.29, 1.82) is 0 Å². The summed E-state index contributed by atoms with van der Waals surface area (Å²) < 4.78 is 2.16. The van der Waals surface area contributed by atoms with Crippen LogP contribution in [-0.4, -0.2) is 14.7 Å². The minimum atomic E-state index is 0.0534. The van der Waals surface area contributed by atoms with E-state index >= 15 is 0 Å². The molecule has 2 aromatic heterocycles. The fraction of sp³-hybridized carbons (Fsp3) is 0.150. The number of aromatic nitrogens is 2. The highest BCUT2D eigenvalue weighted by Gasteiger charge is 2.08. The van der Waals surface area contributed by atoms with Crippen LogP contribution in [0.4, 0.5) is 0 Å². The molecular weight excluding hydrogens is 284 g/mol. The molecule has 0 fully saturated rings. The first-order valence-corrected chi connectivity index (χ1v) is 7.78. The Balaban J connectivity index is 1.78. The van der Waals surface area contributed by atoms with Crippen LogP contribution in [-0.2, 0) is 13.2 Å². The number of aryl methyl sites for hydroxylation is 1. The first-order chi connectivity index (χ1) is 11.2. The number of fused-ring (bicyclic) bond motifs is 2. The molecule has 2 aromatic carbocycles. The lowest BCUT2D eigenvalue weighted by Crippen LogP contribution is -2.00. The lowest BCUT2D eigenvalue weighted by atomic mass is 10.1. The monoisotopic (exact) mass is 302 g/mol. The first-order valence-electron chi connectivity index (χ1n) is 7.78. The maximum Gasteiger partial charge on any atom is 0.0708 e. The summed E-state index contributed by atoms with van der Waals surface area (Å²) >= 11 is 0. The molecule has 0 atom stereocenters. The lowest BCUT2D eigenvalue weighted by molar-refractivity contribution is 0.283. The van der Waals surface area contributed by atoms with E-state index in [0.717, 1.165) is 33.1 Å². The van der Waals surface area contributed by atoms with Crippen LogP contribution in [0.2, 0.25) is 0 Å². The van der Waals surface area contributed by atoms with Crippen molar-refractivity contribution in [3.63, 3.8) is 0 Å². The topological polar surface area (TPSA) is 38.0 Å². The maximum atomic E-state index is 9.56. The average molecular weight is 302 g/mol. The molecule has 2 heterocycles. The van der Waals surface area contributed by atoms with Gasteiger partial charge in [0.15, 0.2) is 0 Å². The number of aliphatic hydroxyl groups excluding tert-OH is 1. The van der Waals surface area contributed by atoms with E-state index in [1.807, 2.05) is 18.3 Å². The first kappa shape index (κ1) is 14.0. The molecule has 114 valence electrons. The minimum absolute atomic E-state index is 0.0534. The molecule has 0 unspecified atom stereocenters. The molecule has 3 nitrogen and oxygen atoms in total. The van der Waals surface area contributed by atoms with Gasteiger partial charge in [0.05, 0.1) is 24.4 Å². The molecule has 0 aliphatic heterocycles. The van der Waals surface area contributed by atoms with Crippen molar-refractivity contribution in [3.05, 3.63) is 77.6 Å². The Morgan fingerprint density at radius 3 is 2.74 bits per heavy atom. The number of nitrogens with zero attached hydrogens (tertiary/aromatic N) is 2. The molecule has 1 N–H and O–H groups in total. The third-order valence-electron chi connectivity index (χ3n) is 4.28. The SMILES string of the molecule is Cc1ccc2ccc(Cn3cc(CO)c4ccccc43)nc2c1. The highest BCUT2D eigenvalue weighted by atomic mass is 16.3. The second-order valence-electron chi connectivity index (χ2n) is 5.96. The lowest BCUT2D eigenvalue weighted by Gasteiger charge is -2.07. The summed E-state index contributed by atoms with van der Waals surface area (Å²) in [4.78, 5) is 4.79. The summed E-state index contributed by atoms with van der Waals surface area (Å²) in [5.41, 5.74) is 5.35. The van der Waals surface area contributed by atoms with E-state index in [1.165, 1.54) is 5.56 Å². The Kier molecular flexibility index (Phi) is 3.36. The quantitative estimate of drug-likeness (QED) is 0.620. The highest BCUT2D eigenvalue weighted by Crippen LogP contribution is 2.23. The van der Waals surface area contributed by atoms with Crippen LogP contribution in [0.5, 0.6) is 0 Å². The van der Waals surface area contributed by atoms with Crippen LogP contribution in [0, 0.1) is 6.92 Å². The Labute approximate surface area is 134 Å². The van der Waals surface area contributed by atoms with Gasteiger partial charge in [0.1, 0.15) is 0 Å². The second kappa shape index (κ2) is 5.52. The van der Waals surface area contributed by atoms with Gasteiger partial charge < -0.3 is 9.67 Å². The van der Waals surface area contributed by atoms with E-state index in [4.69, 9.17) is 4.98 Å². The molecule has 0 bridgehead atoms. The van der Waals surface area contributed by atoms with E-state index in [1.54, 1.807) is 0 Å². The van der Waals surface area contributed by atoms with Gasteiger partial charge in [-0.3, -0.25) is 4.98 Å². The fourth-order valence-electron chi connectivity index (χ4n) is 3.11. The summed E-state index contributed by atoms with van der Waals surface area (Å²) in [5.74, 6) is 0. The summed E-state index contributed by atoms with van der Waals surface area (Å²) in [5, 5.41) is 11.8. The number of benzene rings is 2. The number of rotatable bonds is 3. The number of hydrogen-bond acceptors (Lipinski definition) is 2. The maximum absolute atomic E-state index is 9.56. The van der Waals surface area contributed by atoms with Gasteiger partial charge >= 0.3 is 0 Å². The second-order valence-corrected chi connectivity index (χ2v) is 5.96. The molecule has 4 rings (SSSR count). The van der Waals surface area contributed by atoms with Gasteiger partial charge in [0.25, 0.3) is 0 Å². The van der Waals surface area contributed by atoms with E-state index < -0.39 is 0 Å². The van der Waals surface area contributed by atoms with Gasteiger partial charge in [0.2, 0.25) is 0 Å². The zero-order valence-electron chi connectivity index (χ0n) is 13.0. The van der Waals surface area contributed by atoms with Gasteiger partial charge in [-0.2, -0.15) is 0 Å². The number of pyridine rings is 1. The number of aliphatic hydroxyl groups is 1. The van der Waals surface area contributed by atoms with Crippen molar-refractivity contribution in [3.8, 4) is 0 Å². The van der Waals surface area contributed by atoms with Crippen molar-refractivity contribution in [1.82, 2.24) is 9.55 Å². The Morgan fingerprint density at radius 2 is 1.87 bits per heavy atom. The number of hydrogen-bond donors (Lipinski definition) is 1. The Morgan fingerprint density at radius 1 is 1.04 bits per heavy atom. The van der Waals surface area contributed by atoms with Crippen LogP contribution in [0.25, 0.3) is 21.8 Å². The van der Waals surface area contributed by atoms with Crippen LogP contribution in [0.15, 0.2) is 60.8 Å². The van der Waals surface area contributed by atoms with Crippen LogP contribution in [0.1, 0.15) is 16.8 Å². The molecule has 23 heavy (non-hydrogen) atoms. The zero-order valence-corrected chi connectivity index (χ0v) is 13.0. The van der Waals surface area contributed by atoms with Crippen molar-refractivity contribution in [2.24, 2.45) is 0 Å². The standard InChI is InChI=1S/C20H18N2O/c1-14-6-7-15-8-9-17(21-19(15)10-14)12-22-11-16(13-23)18-4-2-3-5-20(18)22/h2-11,23H,12-13H2,1H3. The van der Waals surface area contributed by atoms with Gasteiger partial charge in [-0.15, -0.1) is 0 Å². The Hall–Kier alpha value is -2.65. The predicted molar refractivity (Wildman–Crippen MR) is 93.4 cm³/mol. The van der Waals surface area contributed by atoms with E-state index in [9.17, 15) is 5.11 Å². The number of para-hydroxylation sites is 1. The smallest absolute Gasteiger partial charge is 0.0708 e. The zero-order chi connectivity index (χ0) is 15.8. The molecular formula is C20H18N2O. The van der Waals surface area contributed by atoms with Crippen LogP contribution in [0.3, 0.4) is 0 Å². The minimum Gasteiger partial charge on any atom is -0.392 e. The van der Waals surface area contributed by atoms with Crippen LogP contribution >= 0.6 is 0 Å². The third kappa shape index (κ3) is 2.49. The Bertz CT molecular complexity index is 1000. The average Bonchev–Trinajstić information content (AvgIpc) is 2.92. The molecule has 0 saturated carbocycles. The molecule has 3 heteroatoms. The largest absolute Gasteiger partial charge is 0.392 e. The van der Waals surface area contributed by atoms with E-state index in [2.05, 4.69) is 54.0 Å². The van der Waals surface area contributed by atoms with Gasteiger partial charge in [-0.1, -0.05) is 36.4 Å². The van der Waals surface area contributed by atoms with Crippen molar-refractivity contribution in [2.75, 3.05) is 0 Å². The summed E-state index contributed by atoms with van der Waals surface area (Å²) in [6, 6.07) is 18.7. The van der Waals surface area contributed by atoms with Crippen molar-refractivity contribution < 1.29 is 5.11 Å². The van der Waals surface area contributed by atoms with Gasteiger partial charge in [-0.25, -0.2) is 0 Å². The molecule has 0 aliphatic carbocycles. The molecule has 0 radical (unpaired) electrons. The molecule has 0 saturated heterocycles. The summed E-state index contributed by atoms with van der Waals surface area (Å²) in [6.07, 6.45) is 2.02.